The molecule has 0 aromatic carbocycles. The van der Waals surface area contributed by atoms with Gasteiger partial charge in [0.05, 0.1) is 0 Å². The molecule has 0 atom stereocenters. The van der Waals surface area contributed by atoms with E-state index < -0.39 is 0 Å². The maximum atomic E-state index is 4.08. The van der Waals surface area contributed by atoms with Crippen LogP contribution in [0, 0.1) is 0 Å². The van der Waals surface area contributed by atoms with Gasteiger partial charge in [0.2, 0.25) is 0 Å². The molecule has 0 bridgehead atoms. The Kier molecular flexibility index (Phi) is 150. The Morgan fingerprint density at radius 3 is 0.538 bits per heavy atom. The molecule has 0 amide bonds. The van der Waals surface area contributed by atoms with E-state index in [2.05, 4.69) is 99.4 Å². The summed E-state index contributed by atoms with van der Waals surface area (Å²) in [5.41, 5.74) is 0. The van der Waals surface area contributed by atoms with Crippen molar-refractivity contribution in [3.63, 3.8) is 0 Å². The molecule has 0 heterocycles. The molecule has 0 saturated carbocycles. The van der Waals surface area contributed by atoms with Crippen LogP contribution in [0.3, 0.4) is 0 Å². The smallest absolute Gasteiger partial charge is 0.436 e. The SMILES string of the molecule is S=C[S-].S=C[S-].S=C[S-].S=C[S-].[Mo+4]. The molecule has 0 saturated heterocycles. The zero-order valence-corrected chi connectivity index (χ0v) is 14.5. The van der Waals surface area contributed by atoms with Gasteiger partial charge in [0, 0.05) is 0 Å². The minimum Gasteiger partial charge on any atom is -0.436 e. The van der Waals surface area contributed by atoms with Gasteiger partial charge in [0.1, 0.15) is 0 Å². The van der Waals surface area contributed by atoms with E-state index in [1.165, 1.54) is 18.8 Å². The van der Waals surface area contributed by atoms with Gasteiger partial charge in [0.25, 0.3) is 0 Å². The number of hydrogen-bond acceptors (Lipinski definition) is 8. The van der Waals surface area contributed by atoms with Gasteiger partial charge in [-0.3, -0.25) is 0 Å². The van der Waals surface area contributed by atoms with Crippen LogP contribution in [0.5, 0.6) is 0 Å². The topological polar surface area (TPSA) is 0 Å². The van der Waals surface area contributed by atoms with Crippen molar-refractivity contribution in [2.45, 2.75) is 0 Å². The van der Waals surface area contributed by atoms with Crippen LogP contribution < -0.4 is 0 Å². The summed E-state index contributed by atoms with van der Waals surface area (Å²) in [6.45, 7) is 0. The monoisotopic (exact) mass is 406 g/mol. The number of thiocarbonyl (C=S) groups is 4. The van der Waals surface area contributed by atoms with Crippen LogP contribution in [0.4, 0.5) is 0 Å². The fourth-order valence-corrected chi connectivity index (χ4v) is 0. The van der Waals surface area contributed by atoms with Gasteiger partial charge in [0.15, 0.2) is 0 Å². The van der Waals surface area contributed by atoms with Crippen molar-refractivity contribution in [2.24, 2.45) is 0 Å². The molecular weight excluding hydrogens is 401 g/mol. The quantitative estimate of drug-likeness (QED) is 0.337. The fourth-order valence-electron chi connectivity index (χ4n) is 0. The van der Waals surface area contributed by atoms with Crippen molar-refractivity contribution < 1.29 is 21.1 Å². The molecule has 0 aromatic heterocycles. The van der Waals surface area contributed by atoms with Gasteiger partial charge < -0.3 is 99.4 Å². The van der Waals surface area contributed by atoms with Crippen molar-refractivity contribution in [1.82, 2.24) is 0 Å². The van der Waals surface area contributed by atoms with Crippen molar-refractivity contribution in [3.8, 4) is 0 Å². The van der Waals surface area contributed by atoms with E-state index >= 15 is 0 Å². The molecule has 74 valence electrons. The number of hydrogen-bond donors (Lipinski definition) is 0. The van der Waals surface area contributed by atoms with E-state index in [9.17, 15) is 0 Å². The first kappa shape index (κ1) is 29.4. The van der Waals surface area contributed by atoms with Gasteiger partial charge in [-0.05, 0) is 0 Å². The normalized spacial score (nSPS) is 3.69. The van der Waals surface area contributed by atoms with Crippen molar-refractivity contribution in [2.75, 3.05) is 0 Å². The van der Waals surface area contributed by atoms with Crippen molar-refractivity contribution in [3.05, 3.63) is 0 Å². The predicted molar refractivity (Wildman–Crippen MR) is 84.1 cm³/mol. The molecule has 0 radical (unpaired) electrons. The van der Waals surface area contributed by atoms with Crippen LogP contribution in [0.25, 0.3) is 0 Å². The Bertz CT molecular complexity index is 70.1. The Morgan fingerprint density at radius 1 is 0.538 bits per heavy atom. The summed E-state index contributed by atoms with van der Waals surface area (Å²) < 4.78 is 4.67. The van der Waals surface area contributed by atoms with E-state index in [0.717, 1.165) is 0 Å². The summed E-state index contributed by atoms with van der Waals surface area (Å²) in [6, 6.07) is 0. The summed E-state index contributed by atoms with van der Waals surface area (Å²) in [5, 5.41) is 0. The van der Waals surface area contributed by atoms with Crippen LogP contribution in [0.1, 0.15) is 0 Å². The van der Waals surface area contributed by atoms with Crippen LogP contribution >= 0.6 is 48.9 Å². The third kappa shape index (κ3) is 533. The molecule has 0 spiro atoms. The summed E-state index contributed by atoms with van der Waals surface area (Å²) in [5.74, 6) is 0. The molecule has 0 fully saturated rings. The maximum absolute atomic E-state index is 4.08. The molecule has 0 unspecified atom stereocenters. The van der Waals surface area contributed by atoms with Gasteiger partial charge in [-0.25, -0.2) is 0 Å². The Labute approximate surface area is 137 Å². The predicted octanol–water partition coefficient (Wildman–Crippen LogP) is 1.96. The molecule has 0 N–H and O–H groups in total. The molecule has 0 nitrogen and oxygen atoms in total. The van der Waals surface area contributed by atoms with E-state index in [4.69, 9.17) is 0 Å². The first-order chi connectivity index (χ1) is 5.66. The largest absolute Gasteiger partial charge is 4.00 e. The van der Waals surface area contributed by atoms with E-state index in [1.807, 2.05) is 0 Å². The van der Waals surface area contributed by atoms with Crippen LogP contribution in [-0.4, -0.2) is 18.8 Å². The van der Waals surface area contributed by atoms with E-state index in [-0.39, 0.29) is 21.1 Å². The molecule has 0 rings (SSSR count). The summed E-state index contributed by atoms with van der Waals surface area (Å²) in [7, 11) is 0. The molecular formula is C4H4MoS8. The zero-order chi connectivity index (χ0) is 10.8. The summed E-state index contributed by atoms with van der Waals surface area (Å²) >= 11 is 32.7. The first-order valence-corrected chi connectivity index (χ1v) is 5.66. The second-order valence-corrected chi connectivity index (χ2v) is 3.46. The molecule has 0 aliphatic rings. The standard InChI is InChI=1S/4CH2S2.Mo/c4*2-1-3;/h4*1H,(H,2,3);/q;;;;+4/p-4. The minimum absolute atomic E-state index is 0. The minimum atomic E-state index is 0. The number of rotatable bonds is 0. The molecule has 13 heavy (non-hydrogen) atoms. The van der Waals surface area contributed by atoms with Crippen LogP contribution in [-0.2, 0) is 71.6 Å². The average Bonchev–Trinajstić information content (AvgIpc) is 1.92. The first-order valence-electron chi connectivity index (χ1n) is 1.89. The van der Waals surface area contributed by atoms with Crippen LogP contribution in [0.2, 0.25) is 0 Å². The average molecular weight is 405 g/mol. The molecule has 9 heteroatoms. The Hall–Kier alpha value is 1.93. The van der Waals surface area contributed by atoms with E-state index in [1.54, 1.807) is 0 Å². The molecule has 0 aromatic rings. The van der Waals surface area contributed by atoms with Gasteiger partial charge in [-0.1, -0.05) is 0 Å². The Morgan fingerprint density at radius 2 is 0.538 bits per heavy atom. The molecule has 0 aliphatic heterocycles. The second kappa shape index (κ2) is 66.2. The van der Waals surface area contributed by atoms with Gasteiger partial charge >= 0.3 is 21.1 Å². The van der Waals surface area contributed by atoms with Gasteiger partial charge in [-0.2, -0.15) is 18.8 Å². The summed E-state index contributed by atoms with van der Waals surface area (Å²) in [4.78, 5) is 0. The summed E-state index contributed by atoms with van der Waals surface area (Å²) in [6.07, 6.45) is 0. The second-order valence-electron chi connectivity index (χ2n) is 0.385. The zero-order valence-electron chi connectivity index (χ0n) is 5.98. The third-order valence-corrected chi connectivity index (χ3v) is 0. The van der Waals surface area contributed by atoms with Gasteiger partial charge in [-0.15, -0.1) is 0 Å². The van der Waals surface area contributed by atoms with E-state index in [0.29, 0.717) is 0 Å². The fraction of sp³-hybridized carbons (Fsp3) is 0. The van der Waals surface area contributed by atoms with Crippen LogP contribution in [0.15, 0.2) is 0 Å². The van der Waals surface area contributed by atoms with Crippen molar-refractivity contribution in [1.29, 1.82) is 0 Å². The van der Waals surface area contributed by atoms with Crippen molar-refractivity contribution >= 4 is 118 Å². The maximum Gasteiger partial charge on any atom is 4.00 e. The molecule has 0 aliphatic carbocycles. The Balaban J connectivity index is -0.0000000213. The third-order valence-electron chi connectivity index (χ3n) is 0.